The van der Waals surface area contributed by atoms with Crippen molar-refractivity contribution < 1.29 is 33.8 Å². The summed E-state index contributed by atoms with van der Waals surface area (Å²) in [7, 11) is 13.2. The number of hydrogen-bond donors (Lipinski definition) is 2. The lowest BCUT2D eigenvalue weighted by Crippen LogP contribution is -3.00. The fourth-order valence-corrected chi connectivity index (χ4v) is 1.46. The molecule has 0 unspecified atom stereocenters. The summed E-state index contributed by atoms with van der Waals surface area (Å²) in [6.07, 6.45) is 4.82. The number of nitrogens with zero attached hydrogens (tertiary/aromatic N) is 2. The van der Waals surface area contributed by atoms with Gasteiger partial charge in [0.05, 0.1) is 55.4 Å². The van der Waals surface area contributed by atoms with Gasteiger partial charge in [0, 0.05) is 0 Å². The van der Waals surface area contributed by atoms with Crippen molar-refractivity contribution in [3.63, 3.8) is 0 Å². The van der Waals surface area contributed by atoms with E-state index < -0.39 is 0 Å². The summed E-state index contributed by atoms with van der Waals surface area (Å²) in [5, 5.41) is 0. The third-order valence-electron chi connectivity index (χ3n) is 2.57. The Morgan fingerprint density at radius 3 is 0.950 bits per heavy atom. The molecule has 0 bridgehead atoms. The Hall–Kier alpha value is 0.420. The van der Waals surface area contributed by atoms with E-state index >= 15 is 0 Å². The minimum atomic E-state index is 0. The zero-order valence-electron chi connectivity index (χ0n) is 14.5. The van der Waals surface area contributed by atoms with Gasteiger partial charge in [0.15, 0.2) is 0 Å². The highest BCUT2D eigenvalue weighted by molar-refractivity contribution is 4.38. The Kier molecular flexibility index (Phi) is 22.6. The Bertz CT molecular complexity index is 157. The summed E-state index contributed by atoms with van der Waals surface area (Å²) in [5.74, 6) is 0. The highest BCUT2D eigenvalue weighted by atomic mass is 35.5. The summed E-state index contributed by atoms with van der Waals surface area (Å²) in [5.41, 5.74) is 10.7. The first-order valence-corrected chi connectivity index (χ1v) is 7.13. The molecule has 4 nitrogen and oxygen atoms in total. The maximum absolute atomic E-state index is 5.35. The summed E-state index contributed by atoms with van der Waals surface area (Å²) < 4.78 is 2.11. The average molecular weight is 333 g/mol. The molecule has 0 aliphatic heterocycles. The molecule has 0 spiro atoms. The van der Waals surface area contributed by atoms with Crippen molar-refractivity contribution in [2.24, 2.45) is 11.5 Å². The molecule has 20 heavy (non-hydrogen) atoms. The lowest BCUT2D eigenvalue weighted by Gasteiger charge is -2.23. The zero-order valence-corrected chi connectivity index (χ0v) is 16.0. The van der Waals surface area contributed by atoms with Crippen LogP contribution in [0.15, 0.2) is 0 Å². The third-order valence-corrected chi connectivity index (χ3v) is 2.57. The largest absolute Gasteiger partial charge is 1.00 e. The lowest BCUT2D eigenvalue weighted by atomic mass is 10.3. The van der Waals surface area contributed by atoms with Crippen molar-refractivity contribution in [1.82, 2.24) is 0 Å². The lowest BCUT2D eigenvalue weighted by molar-refractivity contribution is -0.870. The van der Waals surface area contributed by atoms with Crippen LogP contribution in [0, 0.1) is 0 Å². The molecule has 0 saturated carbocycles. The van der Waals surface area contributed by atoms with E-state index in [0.717, 1.165) is 34.9 Å². The number of halogens is 2. The standard InChI is InChI=1S/2C7H19N2.2ClH/c2*1-9(2,3)7-5-4-6-8;;/h2*4-8H2,1-3H3;2*1H/q2*+1;;/p-2. The number of unbranched alkanes of at least 4 members (excludes halogenated alkanes) is 2. The maximum Gasteiger partial charge on any atom is 0.0780 e. The fraction of sp³-hybridized carbons (Fsp3) is 1.00. The normalized spacial score (nSPS) is 10.8. The van der Waals surface area contributed by atoms with Gasteiger partial charge in [-0.3, -0.25) is 0 Å². The molecule has 0 aromatic carbocycles. The Balaban J connectivity index is -0.000000116. The van der Waals surface area contributed by atoms with Crippen molar-refractivity contribution in [3.05, 3.63) is 0 Å². The van der Waals surface area contributed by atoms with E-state index in [9.17, 15) is 0 Å². The van der Waals surface area contributed by atoms with E-state index in [2.05, 4.69) is 42.3 Å². The van der Waals surface area contributed by atoms with Crippen molar-refractivity contribution in [1.29, 1.82) is 0 Å². The van der Waals surface area contributed by atoms with Crippen LogP contribution in [0.5, 0.6) is 0 Å². The van der Waals surface area contributed by atoms with Gasteiger partial charge < -0.3 is 45.2 Å². The van der Waals surface area contributed by atoms with Crippen LogP contribution < -0.4 is 36.3 Å². The van der Waals surface area contributed by atoms with Gasteiger partial charge in [-0.15, -0.1) is 0 Å². The number of rotatable bonds is 8. The van der Waals surface area contributed by atoms with Crippen LogP contribution in [0.3, 0.4) is 0 Å². The van der Waals surface area contributed by atoms with Gasteiger partial charge in [0.2, 0.25) is 0 Å². The van der Waals surface area contributed by atoms with Crippen LogP contribution in [-0.2, 0) is 0 Å². The molecule has 0 fully saturated rings. The third kappa shape index (κ3) is 36.2. The van der Waals surface area contributed by atoms with Gasteiger partial charge in [-0.1, -0.05) is 0 Å². The molecule has 0 radical (unpaired) electrons. The molecule has 0 aliphatic rings. The molecule has 0 saturated heterocycles. The summed E-state index contributed by atoms with van der Waals surface area (Å²) in [4.78, 5) is 0. The van der Waals surface area contributed by atoms with Gasteiger partial charge in [-0.25, -0.2) is 0 Å². The molecule has 0 aromatic rings. The van der Waals surface area contributed by atoms with E-state index in [0.29, 0.717) is 0 Å². The fourth-order valence-electron chi connectivity index (χ4n) is 1.46. The Morgan fingerprint density at radius 1 is 0.550 bits per heavy atom. The van der Waals surface area contributed by atoms with Gasteiger partial charge in [-0.05, 0) is 38.8 Å². The van der Waals surface area contributed by atoms with Crippen molar-refractivity contribution in [2.45, 2.75) is 25.7 Å². The van der Waals surface area contributed by atoms with Gasteiger partial charge in [0.1, 0.15) is 0 Å². The molecule has 4 N–H and O–H groups in total. The van der Waals surface area contributed by atoms with E-state index in [-0.39, 0.29) is 24.8 Å². The van der Waals surface area contributed by atoms with Gasteiger partial charge >= 0.3 is 0 Å². The summed E-state index contributed by atoms with van der Waals surface area (Å²) >= 11 is 0. The SMILES string of the molecule is C[N+](C)(C)CCCCN.C[N+](C)(C)CCCCN.[Cl-].[Cl-]. The van der Waals surface area contributed by atoms with Crippen LogP contribution >= 0.6 is 0 Å². The highest BCUT2D eigenvalue weighted by Gasteiger charge is 2.04. The van der Waals surface area contributed by atoms with E-state index in [1.54, 1.807) is 0 Å². The quantitative estimate of drug-likeness (QED) is 0.345. The maximum atomic E-state index is 5.35. The van der Waals surface area contributed by atoms with E-state index in [1.165, 1.54) is 25.9 Å². The number of nitrogens with two attached hydrogens (primary N) is 2. The smallest absolute Gasteiger partial charge is 0.0780 e. The minimum Gasteiger partial charge on any atom is -1.00 e. The highest BCUT2D eigenvalue weighted by Crippen LogP contribution is 1.95. The van der Waals surface area contributed by atoms with Crippen LogP contribution in [0.4, 0.5) is 0 Å². The molecule has 6 heteroatoms. The second-order valence-corrected chi connectivity index (χ2v) is 7.02. The van der Waals surface area contributed by atoms with E-state index in [1.807, 2.05) is 0 Å². The van der Waals surface area contributed by atoms with Crippen LogP contribution in [-0.4, -0.2) is 77.4 Å². The predicted octanol–water partition coefficient (Wildman–Crippen LogP) is -5.13. The molecule has 128 valence electrons. The molecule has 0 amide bonds. The second kappa shape index (κ2) is 15.8. The van der Waals surface area contributed by atoms with E-state index in [4.69, 9.17) is 11.5 Å². The first kappa shape index (κ1) is 28.6. The molecule has 0 atom stereocenters. The summed E-state index contributed by atoms with van der Waals surface area (Å²) in [6, 6.07) is 0. The molecular formula is C14H38Cl2N4. The summed E-state index contributed by atoms with van der Waals surface area (Å²) in [6.45, 7) is 4.13. The second-order valence-electron chi connectivity index (χ2n) is 7.02. The topological polar surface area (TPSA) is 52.0 Å². The predicted molar refractivity (Wildman–Crippen MR) is 82.4 cm³/mol. The molecule has 0 aromatic heterocycles. The first-order valence-electron chi connectivity index (χ1n) is 7.13. The first-order chi connectivity index (χ1) is 8.12. The zero-order chi connectivity index (χ0) is 14.7. The Morgan fingerprint density at radius 2 is 0.800 bits per heavy atom. The monoisotopic (exact) mass is 332 g/mol. The Labute approximate surface area is 139 Å². The van der Waals surface area contributed by atoms with Gasteiger partial charge in [0.25, 0.3) is 0 Å². The molecule has 0 rings (SSSR count). The van der Waals surface area contributed by atoms with Crippen molar-refractivity contribution >= 4 is 0 Å². The van der Waals surface area contributed by atoms with Crippen LogP contribution in [0.1, 0.15) is 25.7 Å². The number of hydrogen-bond acceptors (Lipinski definition) is 2. The molecular weight excluding hydrogens is 295 g/mol. The molecule has 0 aliphatic carbocycles. The van der Waals surface area contributed by atoms with Crippen LogP contribution in [0.25, 0.3) is 0 Å². The average Bonchev–Trinajstić information content (AvgIpc) is 2.16. The van der Waals surface area contributed by atoms with Crippen molar-refractivity contribution in [2.75, 3.05) is 68.5 Å². The number of quaternary nitrogens is 2. The van der Waals surface area contributed by atoms with Crippen LogP contribution in [0.2, 0.25) is 0 Å². The van der Waals surface area contributed by atoms with Crippen molar-refractivity contribution in [3.8, 4) is 0 Å². The minimum absolute atomic E-state index is 0. The van der Waals surface area contributed by atoms with Gasteiger partial charge in [-0.2, -0.15) is 0 Å². The molecule has 0 heterocycles.